The van der Waals surface area contributed by atoms with Crippen LogP contribution in [0.3, 0.4) is 0 Å². The van der Waals surface area contributed by atoms with Crippen LogP contribution in [0.4, 0.5) is 0 Å². The molecule has 2 rings (SSSR count). The van der Waals surface area contributed by atoms with E-state index < -0.39 is 0 Å². The Kier molecular flexibility index (Phi) is 4.60. The molecule has 0 unspecified atom stereocenters. The number of carbonyl (C=O) groups is 1. The van der Waals surface area contributed by atoms with Gasteiger partial charge in [0.1, 0.15) is 0 Å². The topological polar surface area (TPSA) is 45.5 Å². The van der Waals surface area contributed by atoms with E-state index in [0.717, 1.165) is 32.7 Å². The number of piperazine rings is 1. The quantitative estimate of drug-likeness (QED) is 0.821. The van der Waals surface area contributed by atoms with Crippen LogP contribution in [0.25, 0.3) is 0 Å². The Morgan fingerprint density at radius 3 is 2.45 bits per heavy atom. The van der Waals surface area contributed by atoms with Crippen LogP contribution in [-0.4, -0.2) is 53.0 Å². The number of pyridine rings is 1. The lowest BCUT2D eigenvalue weighted by molar-refractivity contribution is 0.0623. The molecule has 1 aromatic rings. The lowest BCUT2D eigenvalue weighted by atomic mass is 10.1. The number of aryl methyl sites for hydroxylation is 1. The van der Waals surface area contributed by atoms with Crippen molar-refractivity contribution in [2.24, 2.45) is 13.0 Å². The van der Waals surface area contributed by atoms with Gasteiger partial charge in [0, 0.05) is 57.6 Å². The van der Waals surface area contributed by atoms with E-state index in [1.165, 1.54) is 10.6 Å². The second-order valence-corrected chi connectivity index (χ2v) is 5.85. The molecule has 1 aliphatic rings. The van der Waals surface area contributed by atoms with Crippen molar-refractivity contribution in [2.45, 2.75) is 13.8 Å². The number of amides is 1. The molecule has 2 heterocycles. The van der Waals surface area contributed by atoms with Crippen molar-refractivity contribution in [1.82, 2.24) is 14.4 Å². The van der Waals surface area contributed by atoms with Crippen molar-refractivity contribution in [3.8, 4) is 0 Å². The summed E-state index contributed by atoms with van der Waals surface area (Å²) in [4.78, 5) is 28.2. The summed E-state index contributed by atoms with van der Waals surface area (Å²) < 4.78 is 1.47. The Bertz CT molecular complexity index is 528. The molecule has 20 heavy (non-hydrogen) atoms. The molecule has 0 N–H and O–H groups in total. The summed E-state index contributed by atoms with van der Waals surface area (Å²) in [6, 6.07) is 3.13. The second-order valence-electron chi connectivity index (χ2n) is 5.85. The fourth-order valence-corrected chi connectivity index (χ4v) is 2.51. The van der Waals surface area contributed by atoms with Gasteiger partial charge in [-0.2, -0.15) is 0 Å². The zero-order valence-corrected chi connectivity index (χ0v) is 12.5. The highest BCUT2D eigenvalue weighted by molar-refractivity contribution is 5.94. The number of nitrogens with zero attached hydrogens (tertiary/aromatic N) is 3. The maximum absolute atomic E-state index is 12.4. The molecule has 0 radical (unpaired) electrons. The summed E-state index contributed by atoms with van der Waals surface area (Å²) in [6.07, 6.45) is 1.64. The van der Waals surface area contributed by atoms with Crippen molar-refractivity contribution < 1.29 is 4.79 Å². The van der Waals surface area contributed by atoms with Crippen LogP contribution >= 0.6 is 0 Å². The molecule has 0 bridgehead atoms. The van der Waals surface area contributed by atoms with Crippen molar-refractivity contribution in [2.75, 3.05) is 32.7 Å². The van der Waals surface area contributed by atoms with Crippen molar-refractivity contribution >= 4 is 5.91 Å². The van der Waals surface area contributed by atoms with Crippen molar-refractivity contribution in [3.63, 3.8) is 0 Å². The highest BCUT2D eigenvalue weighted by atomic mass is 16.2. The first kappa shape index (κ1) is 14.8. The van der Waals surface area contributed by atoms with Crippen LogP contribution < -0.4 is 5.56 Å². The van der Waals surface area contributed by atoms with Gasteiger partial charge >= 0.3 is 0 Å². The monoisotopic (exact) mass is 277 g/mol. The van der Waals surface area contributed by atoms with Gasteiger partial charge in [0.05, 0.1) is 0 Å². The van der Waals surface area contributed by atoms with Gasteiger partial charge in [-0.1, -0.05) is 13.8 Å². The predicted octanol–water partition coefficient (Wildman–Crippen LogP) is 0.799. The second kappa shape index (κ2) is 6.22. The summed E-state index contributed by atoms with van der Waals surface area (Å²) in [5.41, 5.74) is 0.347. The van der Waals surface area contributed by atoms with E-state index in [0.29, 0.717) is 11.5 Å². The van der Waals surface area contributed by atoms with Gasteiger partial charge < -0.3 is 9.47 Å². The molecular formula is C15H23N3O2. The third-order valence-electron chi connectivity index (χ3n) is 3.63. The van der Waals surface area contributed by atoms with Gasteiger partial charge in [-0.3, -0.25) is 14.5 Å². The summed E-state index contributed by atoms with van der Waals surface area (Å²) in [7, 11) is 1.68. The highest BCUT2D eigenvalue weighted by Gasteiger charge is 2.22. The van der Waals surface area contributed by atoms with E-state index in [4.69, 9.17) is 0 Å². The van der Waals surface area contributed by atoms with E-state index in [1.807, 2.05) is 4.90 Å². The Labute approximate surface area is 119 Å². The Morgan fingerprint density at radius 2 is 1.90 bits per heavy atom. The molecule has 110 valence electrons. The Morgan fingerprint density at radius 1 is 1.25 bits per heavy atom. The summed E-state index contributed by atoms with van der Waals surface area (Å²) in [5.74, 6) is 0.612. The molecule has 5 nitrogen and oxygen atoms in total. The molecular weight excluding hydrogens is 254 g/mol. The standard InChI is InChI=1S/C15H23N3O2/c1-12(2)11-17-6-8-18(9-7-17)15(20)13-4-5-16(3)14(19)10-13/h4-5,10,12H,6-9,11H2,1-3H3. The first-order valence-corrected chi connectivity index (χ1v) is 7.15. The summed E-state index contributed by atoms with van der Waals surface area (Å²) in [5, 5.41) is 0. The van der Waals surface area contributed by atoms with Crippen LogP contribution in [0.2, 0.25) is 0 Å². The fraction of sp³-hybridized carbons (Fsp3) is 0.600. The molecule has 0 atom stereocenters. The van der Waals surface area contributed by atoms with E-state index in [9.17, 15) is 9.59 Å². The SMILES string of the molecule is CC(C)CN1CCN(C(=O)c2ccn(C)c(=O)c2)CC1. The molecule has 0 spiro atoms. The minimum Gasteiger partial charge on any atom is -0.336 e. The normalized spacial score (nSPS) is 16.7. The van der Waals surface area contributed by atoms with Crippen LogP contribution in [-0.2, 0) is 7.05 Å². The lowest BCUT2D eigenvalue weighted by Crippen LogP contribution is -2.49. The van der Waals surface area contributed by atoms with Crippen molar-refractivity contribution in [1.29, 1.82) is 0 Å². The van der Waals surface area contributed by atoms with Crippen LogP contribution in [0.15, 0.2) is 23.1 Å². The zero-order valence-electron chi connectivity index (χ0n) is 12.5. The smallest absolute Gasteiger partial charge is 0.254 e. The van der Waals surface area contributed by atoms with Gasteiger partial charge in [0.25, 0.3) is 11.5 Å². The van der Waals surface area contributed by atoms with Crippen LogP contribution in [0.1, 0.15) is 24.2 Å². The first-order valence-electron chi connectivity index (χ1n) is 7.15. The van der Waals surface area contributed by atoms with E-state index in [1.54, 1.807) is 19.3 Å². The molecule has 1 saturated heterocycles. The van der Waals surface area contributed by atoms with E-state index in [2.05, 4.69) is 18.7 Å². The lowest BCUT2D eigenvalue weighted by Gasteiger charge is -2.35. The number of hydrogen-bond acceptors (Lipinski definition) is 3. The maximum Gasteiger partial charge on any atom is 0.254 e. The molecule has 0 saturated carbocycles. The minimum atomic E-state index is -0.144. The molecule has 1 aliphatic heterocycles. The average Bonchev–Trinajstić information content (AvgIpc) is 2.41. The molecule has 1 fully saturated rings. The molecule has 1 aromatic heterocycles. The van der Waals surface area contributed by atoms with E-state index in [-0.39, 0.29) is 11.5 Å². The molecule has 1 amide bonds. The van der Waals surface area contributed by atoms with Gasteiger partial charge in [-0.05, 0) is 12.0 Å². The molecule has 0 aromatic carbocycles. The van der Waals surface area contributed by atoms with Crippen LogP contribution in [0, 0.1) is 5.92 Å². The Hall–Kier alpha value is -1.62. The largest absolute Gasteiger partial charge is 0.336 e. The highest BCUT2D eigenvalue weighted by Crippen LogP contribution is 2.09. The number of hydrogen-bond donors (Lipinski definition) is 0. The number of aromatic nitrogens is 1. The summed E-state index contributed by atoms with van der Waals surface area (Å²) in [6.45, 7) is 8.79. The van der Waals surface area contributed by atoms with Crippen LogP contribution in [0.5, 0.6) is 0 Å². The third kappa shape index (κ3) is 3.48. The van der Waals surface area contributed by atoms with E-state index >= 15 is 0 Å². The maximum atomic E-state index is 12.4. The number of carbonyl (C=O) groups excluding carboxylic acids is 1. The van der Waals surface area contributed by atoms with Gasteiger partial charge in [0.2, 0.25) is 0 Å². The Balaban J connectivity index is 1.98. The predicted molar refractivity (Wildman–Crippen MR) is 78.9 cm³/mol. The fourth-order valence-electron chi connectivity index (χ4n) is 2.51. The molecule has 5 heteroatoms. The first-order chi connectivity index (χ1) is 9.47. The summed E-state index contributed by atoms with van der Waals surface area (Å²) >= 11 is 0. The molecule has 0 aliphatic carbocycles. The average molecular weight is 277 g/mol. The van der Waals surface area contributed by atoms with Gasteiger partial charge in [0.15, 0.2) is 0 Å². The third-order valence-corrected chi connectivity index (χ3v) is 3.63. The van der Waals surface area contributed by atoms with Crippen molar-refractivity contribution in [3.05, 3.63) is 34.2 Å². The zero-order chi connectivity index (χ0) is 14.7. The minimum absolute atomic E-state index is 0.0353. The van der Waals surface area contributed by atoms with Gasteiger partial charge in [-0.15, -0.1) is 0 Å². The number of rotatable bonds is 3. The van der Waals surface area contributed by atoms with Gasteiger partial charge in [-0.25, -0.2) is 0 Å².